The molecule has 0 heterocycles. The van der Waals surface area contributed by atoms with Crippen LogP contribution in [0.3, 0.4) is 0 Å². The molecule has 1 heteroatoms. The van der Waals surface area contributed by atoms with Gasteiger partial charge >= 0.3 is 0 Å². The first-order valence-corrected chi connectivity index (χ1v) is 6.48. The van der Waals surface area contributed by atoms with Crippen molar-refractivity contribution in [1.29, 1.82) is 0 Å². The van der Waals surface area contributed by atoms with Crippen molar-refractivity contribution in [2.45, 2.75) is 71.6 Å². The third-order valence-electron chi connectivity index (χ3n) is 2.76. The van der Waals surface area contributed by atoms with Gasteiger partial charge in [0.1, 0.15) is 6.29 Å². The number of carbonyl (C=O) groups is 1. The maximum Gasteiger partial charge on any atom is 0.142 e. The maximum absolute atomic E-state index is 10.4. The molecule has 0 radical (unpaired) electrons. The lowest BCUT2D eigenvalue weighted by Gasteiger charge is -2.05. The van der Waals surface area contributed by atoms with Gasteiger partial charge in [0.05, 0.1) is 0 Å². The molecule has 0 amide bonds. The summed E-state index contributed by atoms with van der Waals surface area (Å²) in [6.07, 6.45) is 13.9. The molecule has 0 aromatic rings. The molecule has 88 valence electrons. The predicted octanol–water partition coefficient (Wildman–Crippen LogP) is 4.66. The molecule has 15 heavy (non-hydrogen) atoms. The molecule has 0 spiro atoms. The SMILES string of the molecule is CCCCCCC/C(=C\C=O)CCCC. The first-order chi connectivity index (χ1) is 7.35. The standard InChI is InChI=1S/C14H26O/c1-3-5-7-8-9-11-14(12-13-15)10-6-4-2/h12-13H,3-11H2,1-2H3/b14-12-. The molecule has 0 saturated carbocycles. The summed E-state index contributed by atoms with van der Waals surface area (Å²) in [5.41, 5.74) is 1.35. The van der Waals surface area contributed by atoms with Crippen molar-refractivity contribution >= 4 is 6.29 Å². The minimum Gasteiger partial charge on any atom is -0.299 e. The quantitative estimate of drug-likeness (QED) is 0.291. The van der Waals surface area contributed by atoms with E-state index in [1.54, 1.807) is 6.08 Å². The lowest BCUT2D eigenvalue weighted by molar-refractivity contribution is -0.104. The molecule has 0 aliphatic carbocycles. The number of allylic oxidation sites excluding steroid dienone is 2. The van der Waals surface area contributed by atoms with Crippen LogP contribution in [-0.4, -0.2) is 6.29 Å². The molecule has 0 aliphatic heterocycles. The van der Waals surface area contributed by atoms with Crippen LogP contribution in [-0.2, 0) is 4.79 Å². The smallest absolute Gasteiger partial charge is 0.142 e. The third kappa shape index (κ3) is 9.71. The summed E-state index contributed by atoms with van der Waals surface area (Å²) < 4.78 is 0. The maximum atomic E-state index is 10.4. The molecule has 1 nitrogen and oxygen atoms in total. The number of rotatable bonds is 10. The van der Waals surface area contributed by atoms with Gasteiger partial charge in [-0.25, -0.2) is 0 Å². The van der Waals surface area contributed by atoms with Gasteiger partial charge in [-0.1, -0.05) is 51.5 Å². The van der Waals surface area contributed by atoms with Crippen LogP contribution in [0.4, 0.5) is 0 Å². The molecule has 0 saturated heterocycles. The number of carbonyl (C=O) groups excluding carboxylic acids is 1. The monoisotopic (exact) mass is 210 g/mol. The highest BCUT2D eigenvalue weighted by Gasteiger charge is 1.97. The minimum absolute atomic E-state index is 0.942. The van der Waals surface area contributed by atoms with Crippen LogP contribution in [0, 0.1) is 0 Å². The van der Waals surface area contributed by atoms with Gasteiger partial charge in [-0.2, -0.15) is 0 Å². The van der Waals surface area contributed by atoms with Crippen molar-refractivity contribution in [3.8, 4) is 0 Å². The first-order valence-electron chi connectivity index (χ1n) is 6.48. The lowest BCUT2D eigenvalue weighted by atomic mass is 10.0. The fourth-order valence-electron chi connectivity index (χ4n) is 1.75. The van der Waals surface area contributed by atoms with Crippen LogP contribution in [0.1, 0.15) is 71.6 Å². The van der Waals surface area contributed by atoms with E-state index in [4.69, 9.17) is 0 Å². The highest BCUT2D eigenvalue weighted by molar-refractivity contribution is 5.66. The van der Waals surface area contributed by atoms with E-state index < -0.39 is 0 Å². The highest BCUT2D eigenvalue weighted by Crippen LogP contribution is 2.15. The van der Waals surface area contributed by atoms with E-state index >= 15 is 0 Å². The lowest BCUT2D eigenvalue weighted by Crippen LogP contribution is -1.87. The second-order valence-electron chi connectivity index (χ2n) is 4.23. The molecular weight excluding hydrogens is 184 g/mol. The van der Waals surface area contributed by atoms with E-state index in [9.17, 15) is 4.79 Å². The molecule has 0 bridgehead atoms. The Morgan fingerprint density at radius 1 is 0.867 bits per heavy atom. The summed E-state index contributed by atoms with van der Waals surface area (Å²) in [6.45, 7) is 4.43. The number of hydrogen-bond acceptors (Lipinski definition) is 1. The Bertz CT molecular complexity index is 170. The molecule has 0 unspecified atom stereocenters. The summed E-state index contributed by atoms with van der Waals surface area (Å²) in [5, 5.41) is 0. The van der Waals surface area contributed by atoms with Gasteiger partial charge in [0.25, 0.3) is 0 Å². The van der Waals surface area contributed by atoms with E-state index in [-0.39, 0.29) is 0 Å². The summed E-state index contributed by atoms with van der Waals surface area (Å²) in [6, 6.07) is 0. The molecule has 0 aromatic carbocycles. The van der Waals surface area contributed by atoms with E-state index in [1.807, 2.05) is 0 Å². The van der Waals surface area contributed by atoms with Gasteiger partial charge in [0.2, 0.25) is 0 Å². The van der Waals surface area contributed by atoms with Crippen molar-refractivity contribution in [2.75, 3.05) is 0 Å². The van der Waals surface area contributed by atoms with Crippen molar-refractivity contribution in [2.24, 2.45) is 0 Å². The average Bonchev–Trinajstić information content (AvgIpc) is 2.25. The summed E-state index contributed by atoms with van der Waals surface area (Å²) in [5.74, 6) is 0. The van der Waals surface area contributed by atoms with Crippen LogP contribution in [0.25, 0.3) is 0 Å². The fourth-order valence-corrected chi connectivity index (χ4v) is 1.75. The number of aldehydes is 1. The molecule has 0 N–H and O–H groups in total. The zero-order valence-corrected chi connectivity index (χ0v) is 10.4. The van der Waals surface area contributed by atoms with E-state index in [2.05, 4.69) is 13.8 Å². The van der Waals surface area contributed by atoms with Gasteiger partial charge in [-0.15, -0.1) is 0 Å². The van der Waals surface area contributed by atoms with E-state index in [0.717, 1.165) is 19.1 Å². The van der Waals surface area contributed by atoms with Crippen molar-refractivity contribution in [3.05, 3.63) is 11.6 Å². The van der Waals surface area contributed by atoms with Crippen molar-refractivity contribution in [3.63, 3.8) is 0 Å². The van der Waals surface area contributed by atoms with Gasteiger partial charge < -0.3 is 0 Å². The van der Waals surface area contributed by atoms with E-state index in [1.165, 1.54) is 50.5 Å². The minimum atomic E-state index is 0.942. The van der Waals surface area contributed by atoms with Crippen molar-refractivity contribution < 1.29 is 4.79 Å². The van der Waals surface area contributed by atoms with Crippen LogP contribution >= 0.6 is 0 Å². The second-order valence-corrected chi connectivity index (χ2v) is 4.23. The zero-order valence-electron chi connectivity index (χ0n) is 10.4. The van der Waals surface area contributed by atoms with Gasteiger partial charge in [0, 0.05) is 0 Å². The number of unbranched alkanes of at least 4 members (excludes halogenated alkanes) is 5. The van der Waals surface area contributed by atoms with Crippen LogP contribution in [0.2, 0.25) is 0 Å². The second kappa shape index (κ2) is 11.5. The highest BCUT2D eigenvalue weighted by atomic mass is 16.1. The van der Waals surface area contributed by atoms with Crippen molar-refractivity contribution in [1.82, 2.24) is 0 Å². The predicted molar refractivity (Wildman–Crippen MR) is 67.0 cm³/mol. The number of hydrogen-bond donors (Lipinski definition) is 0. The summed E-state index contributed by atoms with van der Waals surface area (Å²) in [7, 11) is 0. The third-order valence-corrected chi connectivity index (χ3v) is 2.76. The molecule has 0 aliphatic rings. The topological polar surface area (TPSA) is 17.1 Å². The van der Waals surface area contributed by atoms with Crippen LogP contribution < -0.4 is 0 Å². The van der Waals surface area contributed by atoms with Crippen LogP contribution in [0.15, 0.2) is 11.6 Å². The van der Waals surface area contributed by atoms with Crippen LogP contribution in [0.5, 0.6) is 0 Å². The van der Waals surface area contributed by atoms with Gasteiger partial charge in [-0.3, -0.25) is 4.79 Å². The normalized spacial score (nSPS) is 11.7. The first kappa shape index (κ1) is 14.4. The average molecular weight is 210 g/mol. The van der Waals surface area contributed by atoms with E-state index in [0.29, 0.717) is 0 Å². The molecular formula is C14H26O. The Labute approximate surface area is 95.0 Å². The van der Waals surface area contributed by atoms with Gasteiger partial charge in [-0.05, 0) is 31.8 Å². The Morgan fingerprint density at radius 2 is 1.47 bits per heavy atom. The fraction of sp³-hybridized carbons (Fsp3) is 0.786. The molecule has 0 aromatic heterocycles. The zero-order chi connectivity index (χ0) is 11.4. The largest absolute Gasteiger partial charge is 0.299 e. The Hall–Kier alpha value is -0.590. The molecule has 0 rings (SSSR count). The Balaban J connectivity index is 3.57. The molecule has 0 atom stereocenters. The summed E-state index contributed by atoms with van der Waals surface area (Å²) in [4.78, 5) is 10.4. The Kier molecular flexibility index (Phi) is 11.0. The Morgan fingerprint density at radius 3 is 2.07 bits per heavy atom. The molecule has 0 fully saturated rings. The summed E-state index contributed by atoms with van der Waals surface area (Å²) >= 11 is 0. The van der Waals surface area contributed by atoms with Gasteiger partial charge in [0.15, 0.2) is 0 Å².